The molecule has 9 nitrogen and oxygen atoms in total. The molecule has 1 aliphatic heterocycles. The van der Waals surface area contributed by atoms with Crippen molar-refractivity contribution in [3.05, 3.63) is 83.4 Å². The summed E-state index contributed by atoms with van der Waals surface area (Å²) in [6, 6.07) is 19.5. The van der Waals surface area contributed by atoms with Crippen LogP contribution in [-0.4, -0.2) is 54.7 Å². The van der Waals surface area contributed by atoms with Crippen molar-refractivity contribution in [2.45, 2.75) is 44.7 Å². The molecule has 0 unspecified atom stereocenters. The number of ketones is 1. The normalized spacial score (nSPS) is 15.4. The number of ether oxygens (including phenoxy) is 2. The number of anilines is 2. The molecule has 0 atom stereocenters. The molecule has 9 heteroatoms. The molecule has 0 bridgehead atoms. The maximum absolute atomic E-state index is 14.2. The average Bonchev–Trinajstić information content (AvgIpc) is 3.58. The Balaban J connectivity index is 1.50. The van der Waals surface area contributed by atoms with E-state index in [-0.39, 0.29) is 24.6 Å². The summed E-state index contributed by atoms with van der Waals surface area (Å²) in [4.78, 5) is 56.7. The summed E-state index contributed by atoms with van der Waals surface area (Å²) in [5, 5.41) is 3.00. The number of aryl methyl sites for hydroxylation is 1. The van der Waals surface area contributed by atoms with Crippen LogP contribution in [-0.2, 0) is 20.9 Å². The van der Waals surface area contributed by atoms with Crippen LogP contribution in [0.5, 0.6) is 11.5 Å². The lowest BCUT2D eigenvalue weighted by Crippen LogP contribution is -2.59. The highest BCUT2D eigenvalue weighted by molar-refractivity contribution is 6.52. The molecule has 0 saturated heterocycles. The number of benzene rings is 3. The van der Waals surface area contributed by atoms with Crippen LogP contribution in [0.1, 0.15) is 47.2 Å². The van der Waals surface area contributed by atoms with Crippen molar-refractivity contribution < 1.29 is 28.7 Å². The zero-order valence-electron chi connectivity index (χ0n) is 23.4. The smallest absolute Gasteiger partial charge is 0.299 e. The van der Waals surface area contributed by atoms with Gasteiger partial charge in [0.25, 0.3) is 11.7 Å². The maximum atomic E-state index is 14.2. The van der Waals surface area contributed by atoms with Crippen molar-refractivity contribution in [3.63, 3.8) is 0 Å². The monoisotopic (exact) mass is 555 g/mol. The minimum Gasteiger partial charge on any atom is -0.497 e. The van der Waals surface area contributed by atoms with Gasteiger partial charge in [-0.25, -0.2) is 0 Å². The highest BCUT2D eigenvalue weighted by atomic mass is 16.5. The SMILES string of the molecule is COc1ccc(NC(=O)C2(N(Cc3ccc(C)cc3)C(=O)CN3C(=O)C(=O)c4ccccc43)CCCC2)c(OC)c1. The molecule has 3 aromatic carbocycles. The Kier molecular flexibility index (Phi) is 7.79. The van der Waals surface area contributed by atoms with E-state index >= 15 is 0 Å². The van der Waals surface area contributed by atoms with E-state index in [4.69, 9.17) is 9.47 Å². The predicted octanol–water partition coefficient (Wildman–Crippen LogP) is 4.52. The van der Waals surface area contributed by atoms with E-state index in [1.54, 1.807) is 54.5 Å². The minimum atomic E-state index is -1.17. The van der Waals surface area contributed by atoms with Crippen LogP contribution in [0.2, 0.25) is 0 Å². The van der Waals surface area contributed by atoms with Gasteiger partial charge in [0.15, 0.2) is 0 Å². The van der Waals surface area contributed by atoms with E-state index in [0.29, 0.717) is 35.7 Å². The molecule has 1 N–H and O–H groups in total. The second kappa shape index (κ2) is 11.4. The number of hydrogen-bond acceptors (Lipinski definition) is 6. The zero-order chi connectivity index (χ0) is 29.1. The summed E-state index contributed by atoms with van der Waals surface area (Å²) < 4.78 is 10.8. The Bertz CT molecular complexity index is 1490. The molecule has 1 fully saturated rings. The van der Waals surface area contributed by atoms with Crippen molar-refractivity contribution >= 4 is 34.9 Å². The van der Waals surface area contributed by atoms with E-state index in [2.05, 4.69) is 5.32 Å². The van der Waals surface area contributed by atoms with E-state index in [1.807, 2.05) is 31.2 Å². The van der Waals surface area contributed by atoms with Gasteiger partial charge in [0.2, 0.25) is 11.8 Å². The fourth-order valence-corrected chi connectivity index (χ4v) is 5.70. The van der Waals surface area contributed by atoms with Gasteiger partial charge in [-0.15, -0.1) is 0 Å². The summed E-state index contributed by atoms with van der Waals surface area (Å²) in [5.74, 6) is -1.12. The van der Waals surface area contributed by atoms with Crippen molar-refractivity contribution in [2.75, 3.05) is 31.0 Å². The first-order chi connectivity index (χ1) is 19.8. The third-order valence-electron chi connectivity index (χ3n) is 7.96. The molecule has 2 aliphatic rings. The molecule has 0 aromatic heterocycles. The summed E-state index contributed by atoms with van der Waals surface area (Å²) in [7, 11) is 3.06. The number of carbonyl (C=O) groups excluding carboxylic acids is 4. The first-order valence-corrected chi connectivity index (χ1v) is 13.6. The first-order valence-electron chi connectivity index (χ1n) is 13.6. The lowest BCUT2D eigenvalue weighted by Gasteiger charge is -2.41. The second-order valence-electron chi connectivity index (χ2n) is 10.5. The Morgan fingerprint density at radius 3 is 2.34 bits per heavy atom. The van der Waals surface area contributed by atoms with Crippen molar-refractivity contribution in [2.24, 2.45) is 0 Å². The molecule has 0 spiro atoms. The highest BCUT2D eigenvalue weighted by Crippen LogP contribution is 2.40. The molecule has 5 rings (SSSR count). The molecular weight excluding hydrogens is 522 g/mol. The number of methoxy groups -OCH3 is 2. The van der Waals surface area contributed by atoms with Gasteiger partial charge in [0.1, 0.15) is 23.6 Å². The van der Waals surface area contributed by atoms with Gasteiger partial charge in [-0.2, -0.15) is 0 Å². The molecule has 1 heterocycles. The molecule has 0 radical (unpaired) electrons. The van der Waals surface area contributed by atoms with Gasteiger partial charge < -0.3 is 19.7 Å². The van der Waals surface area contributed by atoms with Crippen molar-refractivity contribution in [1.82, 2.24) is 4.90 Å². The lowest BCUT2D eigenvalue weighted by atomic mass is 9.92. The zero-order valence-corrected chi connectivity index (χ0v) is 23.4. The summed E-state index contributed by atoms with van der Waals surface area (Å²) in [6.45, 7) is 1.80. The van der Waals surface area contributed by atoms with Gasteiger partial charge in [-0.05, 0) is 49.6 Å². The molecule has 3 aromatic rings. The van der Waals surface area contributed by atoms with Crippen LogP contribution in [0.3, 0.4) is 0 Å². The van der Waals surface area contributed by atoms with E-state index in [9.17, 15) is 19.2 Å². The number of amides is 3. The third-order valence-corrected chi connectivity index (χ3v) is 7.96. The number of carbonyl (C=O) groups is 4. The van der Waals surface area contributed by atoms with Crippen molar-refractivity contribution in [1.29, 1.82) is 0 Å². The van der Waals surface area contributed by atoms with Crippen LogP contribution >= 0.6 is 0 Å². The third kappa shape index (κ3) is 5.27. The summed E-state index contributed by atoms with van der Waals surface area (Å²) in [6.07, 6.45) is 2.43. The number of rotatable bonds is 9. The quantitative estimate of drug-likeness (QED) is 0.389. The predicted molar refractivity (Wildman–Crippen MR) is 154 cm³/mol. The van der Waals surface area contributed by atoms with Gasteiger partial charge in [0, 0.05) is 12.6 Å². The highest BCUT2D eigenvalue weighted by Gasteiger charge is 2.49. The molecule has 212 valence electrons. The Hall–Kier alpha value is -4.66. The Morgan fingerprint density at radius 1 is 0.951 bits per heavy atom. The molecule has 1 aliphatic carbocycles. The minimum absolute atomic E-state index is 0.171. The second-order valence-corrected chi connectivity index (χ2v) is 10.5. The van der Waals surface area contributed by atoms with Crippen LogP contribution < -0.4 is 19.7 Å². The average molecular weight is 556 g/mol. The molecular formula is C32H33N3O6. The number of nitrogens with one attached hydrogen (secondary N) is 1. The topological polar surface area (TPSA) is 105 Å². The van der Waals surface area contributed by atoms with E-state index < -0.39 is 23.1 Å². The summed E-state index contributed by atoms with van der Waals surface area (Å²) >= 11 is 0. The fourth-order valence-electron chi connectivity index (χ4n) is 5.70. The number of fused-ring (bicyclic) bond motifs is 1. The van der Waals surface area contributed by atoms with Crippen LogP contribution in [0.15, 0.2) is 66.7 Å². The Morgan fingerprint density at radius 2 is 1.66 bits per heavy atom. The van der Waals surface area contributed by atoms with Crippen LogP contribution in [0.4, 0.5) is 11.4 Å². The number of para-hydroxylation sites is 1. The van der Waals surface area contributed by atoms with E-state index in [1.165, 1.54) is 12.0 Å². The van der Waals surface area contributed by atoms with E-state index in [0.717, 1.165) is 24.0 Å². The lowest BCUT2D eigenvalue weighted by molar-refractivity contribution is -0.145. The largest absolute Gasteiger partial charge is 0.497 e. The number of nitrogens with zero attached hydrogens (tertiary/aromatic N) is 2. The van der Waals surface area contributed by atoms with Gasteiger partial charge >= 0.3 is 0 Å². The Labute approximate surface area is 239 Å². The fraction of sp³-hybridized carbons (Fsp3) is 0.312. The molecule has 41 heavy (non-hydrogen) atoms. The van der Waals surface area contributed by atoms with Gasteiger partial charge in [-0.1, -0.05) is 54.8 Å². The van der Waals surface area contributed by atoms with Gasteiger partial charge in [0.05, 0.1) is 31.2 Å². The number of Topliss-reactive ketones (excluding diaryl/α,β-unsaturated/α-hetero) is 1. The molecule has 1 saturated carbocycles. The van der Waals surface area contributed by atoms with Crippen LogP contribution in [0.25, 0.3) is 0 Å². The molecule has 3 amide bonds. The summed E-state index contributed by atoms with van der Waals surface area (Å²) in [5.41, 5.74) is 1.90. The standard InChI is InChI=1S/C32H33N3O6/c1-21-10-12-22(13-11-21)19-35(28(36)20-34-26-9-5-4-8-24(26)29(37)30(34)38)32(16-6-7-17-32)31(39)33-25-15-14-23(40-2)18-27(25)41-3/h4-5,8-15,18H,6-7,16-17,19-20H2,1-3H3,(H,33,39). The van der Waals surface area contributed by atoms with Crippen molar-refractivity contribution in [3.8, 4) is 11.5 Å². The first kappa shape index (κ1) is 27.9. The number of hydrogen-bond donors (Lipinski definition) is 1. The van der Waals surface area contributed by atoms with Crippen LogP contribution in [0, 0.1) is 6.92 Å². The van der Waals surface area contributed by atoms with Gasteiger partial charge in [-0.3, -0.25) is 24.1 Å². The maximum Gasteiger partial charge on any atom is 0.299 e.